The van der Waals surface area contributed by atoms with Gasteiger partial charge < -0.3 is 15.2 Å². The number of hydrogen-bond donors (Lipinski definition) is 1. The van der Waals surface area contributed by atoms with Crippen molar-refractivity contribution in [3.05, 3.63) is 113 Å². The third kappa shape index (κ3) is 5.09. The molecule has 0 fully saturated rings. The predicted molar refractivity (Wildman–Crippen MR) is 147 cm³/mol. The minimum atomic E-state index is -0.674. The average molecular weight is 546 g/mol. The van der Waals surface area contributed by atoms with E-state index in [2.05, 4.69) is 0 Å². The fourth-order valence-electron chi connectivity index (χ4n) is 4.12. The number of benzene rings is 2. The van der Waals surface area contributed by atoms with Crippen LogP contribution in [0.3, 0.4) is 0 Å². The van der Waals surface area contributed by atoms with E-state index in [9.17, 15) is 14.4 Å². The molecule has 0 aliphatic carbocycles. The highest BCUT2D eigenvalue weighted by Crippen LogP contribution is 2.36. The second-order valence-corrected chi connectivity index (χ2v) is 10.3. The number of thiazole rings is 1. The molecule has 1 atom stereocenters. The van der Waals surface area contributed by atoms with Gasteiger partial charge in [0.15, 0.2) is 11.4 Å². The van der Waals surface area contributed by atoms with Crippen molar-refractivity contribution < 1.29 is 19.1 Å². The normalized spacial score (nSPS) is 15.1. The van der Waals surface area contributed by atoms with Crippen molar-refractivity contribution in [3.8, 4) is 5.75 Å². The Kier molecular flexibility index (Phi) is 7.34. The molecule has 5 rings (SSSR count). The number of rotatable bonds is 8. The molecule has 4 aromatic rings. The van der Waals surface area contributed by atoms with E-state index >= 15 is 0 Å². The molecule has 2 N–H and O–H groups in total. The van der Waals surface area contributed by atoms with Crippen LogP contribution in [0.1, 0.15) is 29.0 Å². The van der Waals surface area contributed by atoms with Gasteiger partial charge in [-0.15, -0.1) is 11.3 Å². The second kappa shape index (κ2) is 11.0. The number of primary amides is 1. The van der Waals surface area contributed by atoms with E-state index < -0.39 is 17.9 Å². The summed E-state index contributed by atoms with van der Waals surface area (Å²) in [6, 6.07) is 19.5. The van der Waals surface area contributed by atoms with Gasteiger partial charge in [0.1, 0.15) is 11.8 Å². The van der Waals surface area contributed by atoms with Crippen LogP contribution >= 0.6 is 22.7 Å². The number of hydrogen-bond acceptors (Lipinski definition) is 8. The number of amides is 1. The van der Waals surface area contributed by atoms with E-state index in [0.29, 0.717) is 26.4 Å². The minimum Gasteiger partial charge on any atom is -0.484 e. The van der Waals surface area contributed by atoms with Gasteiger partial charge in [0.25, 0.3) is 11.5 Å². The van der Waals surface area contributed by atoms with Gasteiger partial charge >= 0.3 is 5.97 Å². The lowest BCUT2D eigenvalue weighted by Gasteiger charge is -2.24. The van der Waals surface area contributed by atoms with Gasteiger partial charge in [-0.1, -0.05) is 59.9 Å². The number of esters is 1. The van der Waals surface area contributed by atoms with Crippen molar-refractivity contribution in [1.29, 1.82) is 0 Å². The highest BCUT2D eigenvalue weighted by atomic mass is 32.1. The van der Waals surface area contributed by atoms with E-state index in [1.54, 1.807) is 41.8 Å². The Labute approximate surface area is 225 Å². The lowest BCUT2D eigenvalue weighted by Crippen LogP contribution is -2.39. The third-order valence-electron chi connectivity index (χ3n) is 5.75. The molecule has 38 heavy (non-hydrogen) atoms. The van der Waals surface area contributed by atoms with E-state index in [-0.39, 0.29) is 18.8 Å². The number of fused-ring (bicyclic) bond motifs is 1. The quantitative estimate of drug-likeness (QED) is 0.342. The largest absolute Gasteiger partial charge is 0.484 e. The Balaban J connectivity index is 1.67. The molecule has 3 heterocycles. The minimum absolute atomic E-state index is 0.200. The zero-order chi connectivity index (χ0) is 26.6. The molecule has 2 aromatic carbocycles. The summed E-state index contributed by atoms with van der Waals surface area (Å²) in [6.45, 7) is 1.73. The number of ether oxygens (including phenoxy) is 2. The van der Waals surface area contributed by atoms with Gasteiger partial charge in [0, 0.05) is 10.4 Å². The van der Waals surface area contributed by atoms with Crippen LogP contribution in [-0.2, 0) is 14.3 Å². The predicted octanol–water partition coefficient (Wildman–Crippen LogP) is 2.86. The summed E-state index contributed by atoms with van der Waals surface area (Å²) in [5, 5.41) is 1.91. The zero-order valence-corrected chi connectivity index (χ0v) is 22.0. The third-order valence-corrected chi connectivity index (χ3v) is 7.65. The molecule has 1 aliphatic rings. The lowest BCUT2D eigenvalue weighted by atomic mass is 9.97. The highest BCUT2D eigenvalue weighted by molar-refractivity contribution is 7.10. The summed E-state index contributed by atoms with van der Waals surface area (Å²) in [4.78, 5) is 44.2. The average Bonchev–Trinajstić information content (AvgIpc) is 3.56. The van der Waals surface area contributed by atoms with Crippen LogP contribution in [0.15, 0.2) is 87.5 Å². The van der Waals surface area contributed by atoms with Crippen LogP contribution in [0.2, 0.25) is 0 Å². The Morgan fingerprint density at radius 3 is 2.50 bits per heavy atom. The molecule has 1 unspecified atom stereocenters. The van der Waals surface area contributed by atoms with Crippen molar-refractivity contribution in [1.82, 2.24) is 4.57 Å². The van der Waals surface area contributed by atoms with Crippen LogP contribution in [0.5, 0.6) is 5.75 Å². The molecule has 10 heteroatoms. The number of carbonyl (C=O) groups is 2. The Morgan fingerprint density at radius 2 is 1.84 bits per heavy atom. The van der Waals surface area contributed by atoms with Crippen LogP contribution in [0, 0.1) is 0 Å². The number of thiophene rings is 1. The van der Waals surface area contributed by atoms with Crippen molar-refractivity contribution in [3.63, 3.8) is 0 Å². The Morgan fingerprint density at radius 1 is 1.08 bits per heavy atom. The molecule has 8 nitrogen and oxygen atoms in total. The van der Waals surface area contributed by atoms with Crippen molar-refractivity contribution in [2.75, 3.05) is 13.2 Å². The molecular formula is C28H23N3O5S2. The molecular weight excluding hydrogens is 522 g/mol. The summed E-state index contributed by atoms with van der Waals surface area (Å²) >= 11 is 2.72. The monoisotopic (exact) mass is 545 g/mol. The molecule has 0 spiro atoms. The van der Waals surface area contributed by atoms with Gasteiger partial charge in [-0.2, -0.15) is 0 Å². The van der Waals surface area contributed by atoms with Gasteiger partial charge in [-0.3, -0.25) is 14.2 Å². The molecule has 0 saturated carbocycles. The van der Waals surface area contributed by atoms with Crippen LogP contribution in [0.4, 0.5) is 0 Å². The van der Waals surface area contributed by atoms with Gasteiger partial charge in [0.05, 0.1) is 22.4 Å². The zero-order valence-electron chi connectivity index (χ0n) is 20.3. The molecule has 0 saturated heterocycles. The first-order valence-corrected chi connectivity index (χ1v) is 13.5. The van der Waals surface area contributed by atoms with E-state index in [1.165, 1.54) is 22.7 Å². The number of aromatic nitrogens is 1. The maximum Gasteiger partial charge on any atom is 0.338 e. The molecule has 2 aromatic heterocycles. The lowest BCUT2D eigenvalue weighted by molar-refractivity contribution is -0.138. The summed E-state index contributed by atoms with van der Waals surface area (Å²) in [7, 11) is 0. The molecule has 0 radical (unpaired) electrons. The van der Waals surface area contributed by atoms with Gasteiger partial charge in [-0.25, -0.2) is 9.79 Å². The smallest absolute Gasteiger partial charge is 0.338 e. The fraction of sp³-hybridized carbons (Fsp3) is 0.143. The van der Waals surface area contributed by atoms with Crippen molar-refractivity contribution >= 4 is 46.3 Å². The Hall–Kier alpha value is -4.28. The highest BCUT2D eigenvalue weighted by Gasteiger charge is 2.35. The molecule has 1 aliphatic heterocycles. The van der Waals surface area contributed by atoms with E-state index in [4.69, 9.17) is 20.2 Å². The first-order chi connectivity index (χ1) is 18.5. The summed E-state index contributed by atoms with van der Waals surface area (Å²) < 4.78 is 12.8. The number of nitrogens with zero attached hydrogens (tertiary/aromatic N) is 2. The van der Waals surface area contributed by atoms with Gasteiger partial charge in [-0.05, 0) is 42.1 Å². The van der Waals surface area contributed by atoms with Crippen LogP contribution in [0.25, 0.3) is 11.8 Å². The van der Waals surface area contributed by atoms with Crippen LogP contribution in [-0.4, -0.2) is 29.7 Å². The second-order valence-electron chi connectivity index (χ2n) is 8.27. The Bertz CT molecular complexity index is 1690. The summed E-state index contributed by atoms with van der Waals surface area (Å²) in [6.07, 6.45) is 1.77. The van der Waals surface area contributed by atoms with Crippen molar-refractivity contribution in [2.45, 2.75) is 13.0 Å². The van der Waals surface area contributed by atoms with Crippen LogP contribution < -0.4 is 25.4 Å². The standard InChI is InChI=1S/C28H23N3O5S2/c1-2-35-27(34)23-24(18-7-4-3-5-8-18)30-28-31(25(23)20-9-6-14-37-20)26(33)21(38-28)15-17-10-12-19(13-11-17)36-16-22(29)32/h3-15,25H,2,16H2,1H3,(H2,29,32). The molecule has 1 amide bonds. The van der Waals surface area contributed by atoms with E-state index in [1.807, 2.05) is 47.8 Å². The maximum absolute atomic E-state index is 13.8. The first kappa shape index (κ1) is 25.4. The summed E-state index contributed by atoms with van der Waals surface area (Å²) in [5.41, 5.74) is 7.23. The van der Waals surface area contributed by atoms with E-state index in [0.717, 1.165) is 16.0 Å². The maximum atomic E-state index is 13.8. The SMILES string of the molecule is CCOC(=O)C1=C(c2ccccc2)N=c2sc(=Cc3ccc(OCC(N)=O)cc3)c(=O)n2C1c1cccs1. The topological polar surface area (TPSA) is 113 Å². The van der Waals surface area contributed by atoms with Gasteiger partial charge in [0.2, 0.25) is 0 Å². The number of carbonyl (C=O) groups excluding carboxylic acids is 2. The summed E-state index contributed by atoms with van der Waals surface area (Å²) in [5.74, 6) is -0.575. The van der Waals surface area contributed by atoms with Crippen molar-refractivity contribution in [2.24, 2.45) is 10.7 Å². The fourth-order valence-corrected chi connectivity index (χ4v) is 5.95. The molecule has 0 bridgehead atoms. The number of nitrogens with two attached hydrogens (primary N) is 1. The molecule has 192 valence electrons. The first-order valence-electron chi connectivity index (χ1n) is 11.8.